The van der Waals surface area contributed by atoms with Crippen LogP contribution in [0.5, 0.6) is 5.75 Å². The molecule has 1 amide bonds. The number of rotatable bonds is 9. The van der Waals surface area contributed by atoms with Gasteiger partial charge in [-0.2, -0.15) is 4.98 Å². The second-order valence-electron chi connectivity index (χ2n) is 13.2. The zero-order valence-corrected chi connectivity index (χ0v) is 27.3. The van der Waals surface area contributed by atoms with Crippen molar-refractivity contribution in [1.29, 1.82) is 0 Å². The molecule has 0 bridgehead atoms. The first kappa shape index (κ1) is 31.9. The molecule has 9 nitrogen and oxygen atoms in total. The third-order valence-corrected chi connectivity index (χ3v) is 8.49. The monoisotopic (exact) mass is 621 g/mol. The number of hydrogen-bond donors (Lipinski definition) is 3. The maximum Gasteiger partial charge on any atom is 0.410 e. The van der Waals surface area contributed by atoms with E-state index in [-0.39, 0.29) is 24.2 Å². The number of para-hydroxylation sites is 1. The van der Waals surface area contributed by atoms with Gasteiger partial charge in [-0.25, -0.2) is 9.78 Å². The van der Waals surface area contributed by atoms with Crippen molar-refractivity contribution in [3.05, 3.63) is 64.3 Å². The maximum absolute atomic E-state index is 12.6. The highest BCUT2D eigenvalue weighted by molar-refractivity contribution is 6.32. The van der Waals surface area contributed by atoms with Gasteiger partial charge in [-0.1, -0.05) is 29.8 Å². The Morgan fingerprint density at radius 1 is 1.14 bits per heavy atom. The minimum Gasteiger partial charge on any atom is -0.489 e. The fourth-order valence-corrected chi connectivity index (χ4v) is 5.91. The minimum atomic E-state index is -0.509. The molecule has 5 rings (SSSR count). The summed E-state index contributed by atoms with van der Waals surface area (Å²) in [6.07, 6.45) is 4.87. The molecule has 0 radical (unpaired) electrons. The summed E-state index contributed by atoms with van der Waals surface area (Å²) in [7, 11) is 0. The van der Waals surface area contributed by atoms with Crippen LogP contribution in [0.1, 0.15) is 82.9 Å². The predicted molar refractivity (Wildman–Crippen MR) is 175 cm³/mol. The summed E-state index contributed by atoms with van der Waals surface area (Å²) in [4.78, 5) is 23.5. The van der Waals surface area contributed by atoms with E-state index in [1.165, 1.54) is 5.56 Å². The number of hydrogen-bond acceptors (Lipinski definition) is 8. The Hall–Kier alpha value is -3.56. The molecule has 3 aromatic rings. The van der Waals surface area contributed by atoms with Crippen LogP contribution in [0.3, 0.4) is 0 Å². The van der Waals surface area contributed by atoms with Gasteiger partial charge in [0.05, 0.1) is 24.6 Å². The van der Waals surface area contributed by atoms with Gasteiger partial charge in [-0.3, -0.25) is 0 Å². The Kier molecular flexibility index (Phi) is 9.28. The predicted octanol–water partition coefficient (Wildman–Crippen LogP) is 7.85. The summed E-state index contributed by atoms with van der Waals surface area (Å²) in [6.45, 7) is 13.2. The van der Waals surface area contributed by atoms with Crippen LogP contribution < -0.4 is 15.4 Å². The lowest BCUT2D eigenvalue weighted by molar-refractivity contribution is 0.0204. The van der Waals surface area contributed by atoms with E-state index in [9.17, 15) is 9.90 Å². The molecule has 1 aliphatic carbocycles. The van der Waals surface area contributed by atoms with Crippen molar-refractivity contribution in [1.82, 2.24) is 14.9 Å². The SMILES string of the molecule is Cc1cc(Nc2ncc(Cl)c(Nc3ccccc3C3(CO)CC3)n2)c(OC(C)C)cc1C1CCN(C(=O)OC(C)(C)C)CC1. The molecule has 44 heavy (non-hydrogen) atoms. The van der Waals surface area contributed by atoms with Gasteiger partial charge in [-0.05, 0) is 108 Å². The number of carbonyl (C=O) groups excluding carboxylic acids is 1. The quantitative estimate of drug-likeness (QED) is 0.222. The maximum atomic E-state index is 12.6. The van der Waals surface area contributed by atoms with Crippen molar-refractivity contribution in [3.63, 3.8) is 0 Å². The molecule has 1 saturated heterocycles. The van der Waals surface area contributed by atoms with Gasteiger partial charge in [0.1, 0.15) is 16.4 Å². The van der Waals surface area contributed by atoms with Crippen LogP contribution in [0.4, 0.5) is 27.9 Å². The van der Waals surface area contributed by atoms with E-state index in [2.05, 4.69) is 34.7 Å². The number of amides is 1. The average molecular weight is 622 g/mol. The number of nitrogens with zero attached hydrogens (tertiary/aromatic N) is 3. The largest absolute Gasteiger partial charge is 0.489 e. The molecule has 2 fully saturated rings. The normalized spacial score (nSPS) is 16.5. The van der Waals surface area contributed by atoms with Crippen LogP contribution in [0.15, 0.2) is 42.6 Å². The lowest BCUT2D eigenvalue weighted by Crippen LogP contribution is -2.41. The number of aryl methyl sites for hydroxylation is 1. The third kappa shape index (κ3) is 7.38. The van der Waals surface area contributed by atoms with Crippen molar-refractivity contribution in [2.45, 2.75) is 90.3 Å². The van der Waals surface area contributed by atoms with Crippen LogP contribution in [0, 0.1) is 6.92 Å². The standard InChI is InChI=1S/C34H44ClN5O4/c1-21(2)43-29-18-24(23-11-15-40(16-12-23)32(42)44-33(4,5)6)22(3)17-28(29)38-31-36-19-26(35)30(39-31)37-27-10-8-7-9-25(27)34(20-41)13-14-34/h7-10,17-19,21,23,41H,11-16,20H2,1-6H3,(H2,36,37,38,39). The van der Waals surface area contributed by atoms with Crippen LogP contribution in [0.2, 0.25) is 5.02 Å². The topological polar surface area (TPSA) is 109 Å². The summed E-state index contributed by atoms with van der Waals surface area (Å²) in [5.41, 5.74) is 4.30. The van der Waals surface area contributed by atoms with Crippen LogP contribution in [-0.2, 0) is 10.2 Å². The molecule has 1 aliphatic heterocycles. The first-order valence-electron chi connectivity index (χ1n) is 15.4. The molecule has 10 heteroatoms. The van der Waals surface area contributed by atoms with Crippen LogP contribution in [-0.4, -0.2) is 57.5 Å². The molecule has 236 valence electrons. The third-order valence-electron chi connectivity index (χ3n) is 8.22. The Labute approximate surface area is 265 Å². The lowest BCUT2D eigenvalue weighted by Gasteiger charge is -2.34. The highest BCUT2D eigenvalue weighted by atomic mass is 35.5. The van der Waals surface area contributed by atoms with Gasteiger partial charge < -0.3 is 30.1 Å². The molecular weight excluding hydrogens is 578 g/mol. The fraction of sp³-hybridized carbons (Fsp3) is 0.500. The number of halogens is 1. The molecule has 0 unspecified atom stereocenters. The van der Waals surface area contributed by atoms with Gasteiger partial charge in [0.25, 0.3) is 0 Å². The number of aliphatic hydroxyl groups is 1. The Bertz CT molecular complexity index is 1490. The average Bonchev–Trinajstić information content (AvgIpc) is 3.77. The molecule has 0 spiro atoms. The van der Waals surface area contributed by atoms with Gasteiger partial charge in [0, 0.05) is 24.2 Å². The Morgan fingerprint density at radius 2 is 1.84 bits per heavy atom. The second kappa shape index (κ2) is 12.8. The first-order valence-corrected chi connectivity index (χ1v) is 15.8. The number of likely N-dealkylation sites (tertiary alicyclic amines) is 1. The molecule has 1 saturated carbocycles. The van der Waals surface area contributed by atoms with Crippen molar-refractivity contribution in [3.8, 4) is 5.75 Å². The number of anilines is 4. The summed E-state index contributed by atoms with van der Waals surface area (Å²) in [5, 5.41) is 17.2. The number of aromatic nitrogens is 2. The van der Waals surface area contributed by atoms with E-state index in [1.807, 2.05) is 58.9 Å². The smallest absolute Gasteiger partial charge is 0.410 e. The molecular formula is C34H44ClN5O4. The number of carbonyl (C=O) groups is 1. The summed E-state index contributed by atoms with van der Waals surface area (Å²) < 4.78 is 11.9. The van der Waals surface area contributed by atoms with E-state index in [0.29, 0.717) is 41.5 Å². The molecule has 2 heterocycles. The van der Waals surface area contributed by atoms with Crippen molar-refractivity contribution >= 4 is 40.8 Å². The van der Waals surface area contributed by atoms with Gasteiger partial charge >= 0.3 is 6.09 Å². The minimum absolute atomic E-state index is 0.0405. The first-order chi connectivity index (χ1) is 20.9. The zero-order valence-electron chi connectivity index (χ0n) is 26.5. The molecule has 1 aromatic heterocycles. The number of piperidine rings is 1. The zero-order chi connectivity index (χ0) is 31.6. The van der Waals surface area contributed by atoms with E-state index in [0.717, 1.165) is 48.2 Å². The number of ether oxygens (including phenoxy) is 2. The van der Waals surface area contributed by atoms with Crippen LogP contribution in [0.25, 0.3) is 0 Å². The lowest BCUT2D eigenvalue weighted by atomic mass is 9.86. The van der Waals surface area contributed by atoms with E-state index >= 15 is 0 Å². The van der Waals surface area contributed by atoms with Gasteiger partial charge in [0.15, 0.2) is 5.82 Å². The van der Waals surface area contributed by atoms with E-state index in [1.54, 1.807) is 11.1 Å². The van der Waals surface area contributed by atoms with Gasteiger partial charge in [0.2, 0.25) is 5.95 Å². The highest BCUT2D eigenvalue weighted by Gasteiger charge is 2.45. The summed E-state index contributed by atoms with van der Waals surface area (Å²) in [5.74, 6) is 1.87. The highest BCUT2D eigenvalue weighted by Crippen LogP contribution is 2.50. The van der Waals surface area contributed by atoms with E-state index in [4.69, 9.17) is 26.1 Å². The molecule has 2 aromatic carbocycles. The number of nitrogens with one attached hydrogen (secondary N) is 2. The second-order valence-corrected chi connectivity index (χ2v) is 13.6. The summed E-state index contributed by atoms with van der Waals surface area (Å²) >= 11 is 6.54. The van der Waals surface area contributed by atoms with Gasteiger partial charge in [-0.15, -0.1) is 0 Å². The van der Waals surface area contributed by atoms with Crippen molar-refractivity contribution < 1.29 is 19.4 Å². The molecule has 3 N–H and O–H groups in total. The van der Waals surface area contributed by atoms with Crippen molar-refractivity contribution in [2.75, 3.05) is 30.3 Å². The molecule has 2 aliphatic rings. The molecule has 0 atom stereocenters. The number of benzene rings is 2. The van der Waals surface area contributed by atoms with Crippen molar-refractivity contribution in [2.24, 2.45) is 0 Å². The van der Waals surface area contributed by atoms with E-state index < -0.39 is 5.60 Å². The summed E-state index contributed by atoms with van der Waals surface area (Å²) in [6, 6.07) is 12.1. The Morgan fingerprint density at radius 3 is 2.48 bits per heavy atom. The fourth-order valence-electron chi connectivity index (χ4n) is 5.77. The van der Waals surface area contributed by atoms with Crippen LogP contribution >= 0.6 is 11.6 Å². The Balaban J connectivity index is 1.35. The number of aliphatic hydroxyl groups excluding tert-OH is 1.